The molecule has 1 saturated heterocycles. The molecule has 1 N–H and O–H groups in total. The monoisotopic (exact) mass is 234 g/mol. The molecule has 1 atom stereocenters. The highest BCUT2D eigenvalue weighted by Crippen LogP contribution is 2.14. The van der Waals surface area contributed by atoms with E-state index in [0.29, 0.717) is 6.04 Å². The highest BCUT2D eigenvalue weighted by Gasteiger charge is 2.18. The normalized spacial score (nSPS) is 20.1. The summed E-state index contributed by atoms with van der Waals surface area (Å²) >= 11 is 0. The van der Waals surface area contributed by atoms with Crippen molar-refractivity contribution in [3.8, 4) is 5.75 Å². The van der Waals surface area contributed by atoms with Crippen molar-refractivity contribution in [2.75, 3.05) is 26.7 Å². The third kappa shape index (κ3) is 3.20. The van der Waals surface area contributed by atoms with Gasteiger partial charge in [0.25, 0.3) is 0 Å². The van der Waals surface area contributed by atoms with Crippen LogP contribution < -0.4 is 10.1 Å². The lowest BCUT2D eigenvalue weighted by Gasteiger charge is -2.31. The van der Waals surface area contributed by atoms with Crippen LogP contribution >= 0.6 is 0 Å². The standard InChI is InChI=1S/C13H18N2O2/c1-17-13-4-2-3-11(8-13)7-12-9-15(10-16)6-5-14-12/h2-4,8,10,12,14H,5-7,9H2,1H3. The minimum absolute atomic E-state index is 0.334. The van der Waals surface area contributed by atoms with Crippen molar-refractivity contribution in [3.63, 3.8) is 0 Å². The van der Waals surface area contributed by atoms with Gasteiger partial charge in [-0.3, -0.25) is 4.79 Å². The second-order valence-electron chi connectivity index (χ2n) is 4.31. The maximum Gasteiger partial charge on any atom is 0.209 e. The lowest BCUT2D eigenvalue weighted by atomic mass is 10.0. The largest absolute Gasteiger partial charge is 0.497 e. The zero-order valence-corrected chi connectivity index (χ0v) is 10.1. The molecule has 0 bridgehead atoms. The summed E-state index contributed by atoms with van der Waals surface area (Å²) in [5.41, 5.74) is 1.23. The topological polar surface area (TPSA) is 41.6 Å². The van der Waals surface area contributed by atoms with Gasteiger partial charge in [0.1, 0.15) is 5.75 Å². The Morgan fingerprint density at radius 2 is 2.47 bits per heavy atom. The molecular formula is C13H18N2O2. The van der Waals surface area contributed by atoms with Crippen molar-refractivity contribution in [1.29, 1.82) is 0 Å². The summed E-state index contributed by atoms with van der Waals surface area (Å²) in [7, 11) is 1.67. The molecule has 0 spiro atoms. The molecular weight excluding hydrogens is 216 g/mol. The molecule has 0 saturated carbocycles. The van der Waals surface area contributed by atoms with E-state index in [-0.39, 0.29) is 0 Å². The molecule has 1 fully saturated rings. The number of hydrogen-bond donors (Lipinski definition) is 1. The molecule has 2 rings (SSSR count). The van der Waals surface area contributed by atoms with Gasteiger partial charge in [0.2, 0.25) is 6.41 Å². The Balaban J connectivity index is 1.97. The van der Waals surface area contributed by atoms with E-state index in [0.717, 1.165) is 38.2 Å². The smallest absolute Gasteiger partial charge is 0.209 e. The van der Waals surface area contributed by atoms with E-state index in [1.165, 1.54) is 5.56 Å². The van der Waals surface area contributed by atoms with E-state index >= 15 is 0 Å². The minimum atomic E-state index is 0.334. The number of benzene rings is 1. The Morgan fingerprint density at radius 1 is 1.59 bits per heavy atom. The maximum atomic E-state index is 10.7. The number of methoxy groups -OCH3 is 1. The number of hydrogen-bond acceptors (Lipinski definition) is 3. The van der Waals surface area contributed by atoms with E-state index in [2.05, 4.69) is 11.4 Å². The molecule has 1 aliphatic rings. The molecule has 1 unspecified atom stereocenters. The summed E-state index contributed by atoms with van der Waals surface area (Å²) in [6.07, 6.45) is 1.85. The fraction of sp³-hybridized carbons (Fsp3) is 0.462. The number of rotatable bonds is 4. The van der Waals surface area contributed by atoms with Crippen LogP contribution in [-0.4, -0.2) is 44.1 Å². The Bertz CT molecular complexity index is 381. The molecule has 0 aromatic heterocycles. The Labute approximate surface area is 102 Å². The predicted molar refractivity (Wildman–Crippen MR) is 66.1 cm³/mol. The van der Waals surface area contributed by atoms with Crippen LogP contribution in [0.25, 0.3) is 0 Å². The van der Waals surface area contributed by atoms with Gasteiger partial charge in [0.15, 0.2) is 0 Å². The van der Waals surface area contributed by atoms with Crippen molar-refractivity contribution in [2.45, 2.75) is 12.5 Å². The van der Waals surface area contributed by atoms with Gasteiger partial charge in [-0.25, -0.2) is 0 Å². The molecule has 0 aliphatic carbocycles. The van der Waals surface area contributed by atoms with E-state index in [9.17, 15) is 4.79 Å². The van der Waals surface area contributed by atoms with E-state index in [4.69, 9.17) is 4.74 Å². The van der Waals surface area contributed by atoms with Crippen molar-refractivity contribution in [2.24, 2.45) is 0 Å². The average molecular weight is 234 g/mol. The predicted octanol–water partition coefficient (Wildman–Crippen LogP) is 0.668. The first-order valence-electron chi connectivity index (χ1n) is 5.87. The van der Waals surface area contributed by atoms with E-state index < -0.39 is 0 Å². The summed E-state index contributed by atoms with van der Waals surface area (Å²) in [5, 5.41) is 3.43. The van der Waals surface area contributed by atoms with Crippen LogP contribution in [0.2, 0.25) is 0 Å². The maximum absolute atomic E-state index is 10.7. The molecule has 1 heterocycles. The van der Waals surface area contributed by atoms with Crippen LogP contribution in [-0.2, 0) is 11.2 Å². The molecule has 17 heavy (non-hydrogen) atoms. The first-order valence-corrected chi connectivity index (χ1v) is 5.87. The van der Waals surface area contributed by atoms with Gasteiger partial charge in [-0.15, -0.1) is 0 Å². The molecule has 1 amide bonds. The van der Waals surface area contributed by atoms with Crippen molar-refractivity contribution >= 4 is 6.41 Å². The van der Waals surface area contributed by atoms with Gasteiger partial charge >= 0.3 is 0 Å². The van der Waals surface area contributed by atoms with Crippen molar-refractivity contribution in [3.05, 3.63) is 29.8 Å². The summed E-state index contributed by atoms with van der Waals surface area (Å²) < 4.78 is 5.20. The van der Waals surface area contributed by atoms with E-state index in [1.807, 2.05) is 23.1 Å². The molecule has 1 aromatic carbocycles. The molecule has 0 radical (unpaired) electrons. The van der Waals surface area contributed by atoms with Crippen LogP contribution in [0, 0.1) is 0 Å². The van der Waals surface area contributed by atoms with Gasteiger partial charge in [0, 0.05) is 25.7 Å². The zero-order chi connectivity index (χ0) is 12.1. The van der Waals surface area contributed by atoms with Crippen molar-refractivity contribution in [1.82, 2.24) is 10.2 Å². The lowest BCUT2D eigenvalue weighted by molar-refractivity contribution is -0.119. The Hall–Kier alpha value is -1.55. The summed E-state index contributed by atoms with van der Waals surface area (Å²) in [5.74, 6) is 0.880. The SMILES string of the molecule is COc1cccc(CC2CN(C=O)CCN2)c1. The van der Waals surface area contributed by atoms with Crippen LogP contribution in [0.3, 0.4) is 0 Å². The molecule has 92 valence electrons. The number of ether oxygens (including phenoxy) is 1. The number of nitrogens with one attached hydrogen (secondary N) is 1. The fourth-order valence-electron chi connectivity index (χ4n) is 2.17. The Morgan fingerprint density at radius 3 is 3.24 bits per heavy atom. The summed E-state index contributed by atoms with van der Waals surface area (Å²) in [4.78, 5) is 12.6. The van der Waals surface area contributed by atoms with Gasteiger partial charge in [-0.2, -0.15) is 0 Å². The number of carbonyl (C=O) groups is 1. The molecule has 1 aliphatic heterocycles. The van der Waals surface area contributed by atoms with Gasteiger partial charge in [0.05, 0.1) is 7.11 Å². The second kappa shape index (κ2) is 5.68. The molecule has 4 heteroatoms. The average Bonchev–Trinajstić information content (AvgIpc) is 2.39. The van der Waals surface area contributed by atoms with Crippen LogP contribution in [0.4, 0.5) is 0 Å². The summed E-state index contributed by atoms with van der Waals surface area (Å²) in [6.45, 7) is 2.45. The third-order valence-electron chi connectivity index (χ3n) is 3.05. The third-order valence-corrected chi connectivity index (χ3v) is 3.05. The fourth-order valence-corrected chi connectivity index (χ4v) is 2.17. The minimum Gasteiger partial charge on any atom is -0.497 e. The van der Waals surface area contributed by atoms with Gasteiger partial charge in [-0.1, -0.05) is 12.1 Å². The van der Waals surface area contributed by atoms with Gasteiger partial charge < -0.3 is 15.0 Å². The summed E-state index contributed by atoms with van der Waals surface area (Å²) in [6, 6.07) is 8.40. The quantitative estimate of drug-likeness (QED) is 0.778. The van der Waals surface area contributed by atoms with E-state index in [1.54, 1.807) is 7.11 Å². The lowest BCUT2D eigenvalue weighted by Crippen LogP contribution is -2.50. The highest BCUT2D eigenvalue weighted by molar-refractivity contribution is 5.47. The number of carbonyl (C=O) groups excluding carboxylic acids is 1. The molecule has 1 aromatic rings. The van der Waals surface area contributed by atoms with Crippen LogP contribution in [0.15, 0.2) is 24.3 Å². The number of amides is 1. The highest BCUT2D eigenvalue weighted by atomic mass is 16.5. The molecule has 4 nitrogen and oxygen atoms in total. The second-order valence-corrected chi connectivity index (χ2v) is 4.31. The first kappa shape index (κ1) is 11.9. The Kier molecular flexibility index (Phi) is 3.98. The van der Waals surface area contributed by atoms with Gasteiger partial charge in [-0.05, 0) is 24.1 Å². The van der Waals surface area contributed by atoms with Crippen LogP contribution in [0.1, 0.15) is 5.56 Å². The number of piperazine rings is 1. The first-order chi connectivity index (χ1) is 8.31. The number of nitrogens with zero attached hydrogens (tertiary/aromatic N) is 1. The van der Waals surface area contributed by atoms with Crippen LogP contribution in [0.5, 0.6) is 5.75 Å². The zero-order valence-electron chi connectivity index (χ0n) is 10.1. The van der Waals surface area contributed by atoms with Crippen molar-refractivity contribution < 1.29 is 9.53 Å².